The van der Waals surface area contributed by atoms with Crippen molar-refractivity contribution in [2.45, 2.75) is 12.8 Å². The van der Waals surface area contributed by atoms with Crippen LogP contribution in [0.15, 0.2) is 53.9 Å². The lowest BCUT2D eigenvalue weighted by Crippen LogP contribution is -2.17. The predicted octanol–water partition coefficient (Wildman–Crippen LogP) is 0.984. The summed E-state index contributed by atoms with van der Waals surface area (Å²) in [6.07, 6.45) is 4.63. The van der Waals surface area contributed by atoms with Crippen LogP contribution >= 0.6 is 0 Å². The highest BCUT2D eigenvalue weighted by Crippen LogP contribution is 2.10. The van der Waals surface area contributed by atoms with Gasteiger partial charge in [-0.15, -0.1) is 5.10 Å². The highest BCUT2D eigenvalue weighted by atomic mass is 16.2. The average molecular weight is 300 g/mol. The van der Waals surface area contributed by atoms with Crippen molar-refractivity contribution in [2.24, 2.45) is 10.7 Å². The van der Waals surface area contributed by atoms with Gasteiger partial charge in [0.05, 0.1) is 5.52 Å². The van der Waals surface area contributed by atoms with E-state index in [-0.39, 0.29) is 6.61 Å². The fraction of sp³-hybridized carbons (Fsp3) is 0.267. The van der Waals surface area contributed by atoms with Crippen LogP contribution in [0.3, 0.4) is 0 Å². The molecule has 0 atom stereocenters. The van der Waals surface area contributed by atoms with Gasteiger partial charge in [0.2, 0.25) is 0 Å². The number of fused-ring (bicyclic) bond motifs is 1. The fourth-order valence-corrected chi connectivity index (χ4v) is 1.93. The van der Waals surface area contributed by atoms with E-state index in [9.17, 15) is 0 Å². The Kier molecular flexibility index (Phi) is 5.67. The Morgan fingerprint density at radius 1 is 1.41 bits per heavy atom. The van der Waals surface area contributed by atoms with Crippen LogP contribution in [-0.2, 0) is 0 Å². The van der Waals surface area contributed by atoms with E-state index in [4.69, 9.17) is 10.8 Å². The first-order chi connectivity index (χ1) is 10.8. The zero-order chi connectivity index (χ0) is 15.8. The summed E-state index contributed by atoms with van der Waals surface area (Å²) in [6, 6.07) is 7.60. The van der Waals surface area contributed by atoms with Crippen molar-refractivity contribution in [3.63, 3.8) is 0 Å². The van der Waals surface area contributed by atoms with Crippen LogP contribution in [0.4, 0.5) is 0 Å². The molecular formula is C15H20N6O. The van der Waals surface area contributed by atoms with E-state index < -0.39 is 0 Å². The fourth-order valence-electron chi connectivity index (χ4n) is 1.93. The van der Waals surface area contributed by atoms with E-state index in [0.29, 0.717) is 18.2 Å². The van der Waals surface area contributed by atoms with Crippen molar-refractivity contribution >= 4 is 16.9 Å². The number of aliphatic imine (C=N–C) groups is 1. The molecule has 0 aliphatic rings. The van der Waals surface area contributed by atoms with Gasteiger partial charge < -0.3 is 16.2 Å². The molecule has 0 fully saturated rings. The van der Waals surface area contributed by atoms with Crippen molar-refractivity contribution in [1.29, 1.82) is 0 Å². The number of rotatable bonds is 7. The summed E-state index contributed by atoms with van der Waals surface area (Å²) in [5.41, 5.74) is 7.11. The normalized spacial score (nSPS) is 12.1. The van der Waals surface area contributed by atoms with Crippen molar-refractivity contribution in [3.05, 3.63) is 48.9 Å². The molecule has 7 nitrogen and oxygen atoms in total. The van der Waals surface area contributed by atoms with E-state index >= 15 is 0 Å². The Morgan fingerprint density at radius 3 is 3.00 bits per heavy atom. The number of allylic oxidation sites excluding steroid dienone is 1. The maximum Gasteiger partial charge on any atom is 0.159 e. The molecule has 116 valence electrons. The summed E-state index contributed by atoms with van der Waals surface area (Å²) in [5.74, 6) is 1.03. The molecule has 22 heavy (non-hydrogen) atoms. The third-order valence-corrected chi connectivity index (χ3v) is 2.98. The molecule has 0 saturated carbocycles. The van der Waals surface area contributed by atoms with E-state index in [2.05, 4.69) is 27.2 Å². The molecule has 0 amide bonds. The number of aliphatic hydroxyl groups is 1. The van der Waals surface area contributed by atoms with Gasteiger partial charge in [-0.05, 0) is 37.3 Å². The van der Waals surface area contributed by atoms with Gasteiger partial charge in [0.15, 0.2) is 5.84 Å². The summed E-state index contributed by atoms with van der Waals surface area (Å²) < 4.78 is 1.61. The third kappa shape index (κ3) is 3.92. The van der Waals surface area contributed by atoms with Crippen molar-refractivity contribution in [1.82, 2.24) is 20.3 Å². The highest BCUT2D eigenvalue weighted by molar-refractivity contribution is 5.99. The Hall–Kier alpha value is -2.67. The molecule has 0 bridgehead atoms. The van der Waals surface area contributed by atoms with Crippen molar-refractivity contribution in [3.8, 4) is 0 Å². The van der Waals surface area contributed by atoms with Crippen LogP contribution in [0.5, 0.6) is 0 Å². The smallest absolute Gasteiger partial charge is 0.159 e. The van der Waals surface area contributed by atoms with Crippen molar-refractivity contribution < 1.29 is 5.11 Å². The first-order valence-corrected chi connectivity index (χ1v) is 7.07. The second-order valence-electron chi connectivity index (χ2n) is 4.62. The van der Waals surface area contributed by atoms with Gasteiger partial charge in [0.25, 0.3) is 0 Å². The van der Waals surface area contributed by atoms with Gasteiger partial charge in [0.1, 0.15) is 11.3 Å². The summed E-state index contributed by atoms with van der Waals surface area (Å²) in [5, 5.41) is 20.0. The van der Waals surface area contributed by atoms with E-state index in [1.54, 1.807) is 10.8 Å². The van der Waals surface area contributed by atoms with Crippen LogP contribution in [0.2, 0.25) is 0 Å². The Balaban J connectivity index is 2.19. The minimum absolute atomic E-state index is 0.184. The summed E-state index contributed by atoms with van der Waals surface area (Å²) in [6.45, 7) is 4.75. The molecule has 1 heterocycles. The molecule has 4 N–H and O–H groups in total. The number of para-hydroxylation sites is 1. The SMILES string of the molecule is C=C(N=C(/C=C\N)n1nnc2ccccc21)NCCCCO. The number of hydrogen-bond donors (Lipinski definition) is 3. The number of benzene rings is 1. The first-order valence-electron chi connectivity index (χ1n) is 7.07. The largest absolute Gasteiger partial charge is 0.404 e. The lowest BCUT2D eigenvalue weighted by molar-refractivity contribution is 0.284. The number of nitrogens with two attached hydrogens (primary N) is 1. The molecule has 0 saturated heterocycles. The minimum Gasteiger partial charge on any atom is -0.404 e. The summed E-state index contributed by atoms with van der Waals surface area (Å²) in [4.78, 5) is 4.40. The number of aliphatic hydroxyl groups excluding tert-OH is 1. The second-order valence-corrected chi connectivity index (χ2v) is 4.62. The van der Waals surface area contributed by atoms with Crippen LogP contribution in [0.1, 0.15) is 12.8 Å². The molecule has 2 aromatic rings. The van der Waals surface area contributed by atoms with Crippen LogP contribution < -0.4 is 11.1 Å². The standard InChI is InChI=1S/C15H20N6O/c1-12(17-10-4-5-11-22)18-15(8-9-16)21-14-7-3-2-6-13(14)19-20-21/h2-3,6-9,17,22H,1,4-5,10-11,16H2/b9-8-,18-15?. The van der Waals surface area contributed by atoms with E-state index in [1.165, 1.54) is 6.20 Å². The van der Waals surface area contributed by atoms with Gasteiger partial charge in [-0.25, -0.2) is 4.99 Å². The first kappa shape index (κ1) is 15.7. The van der Waals surface area contributed by atoms with Crippen LogP contribution in [0.25, 0.3) is 11.0 Å². The molecular weight excluding hydrogens is 280 g/mol. The molecule has 0 radical (unpaired) electrons. The maximum absolute atomic E-state index is 8.75. The molecule has 0 aliphatic heterocycles. The van der Waals surface area contributed by atoms with Gasteiger partial charge in [-0.3, -0.25) is 0 Å². The number of hydrogen-bond acceptors (Lipinski definition) is 6. The zero-order valence-corrected chi connectivity index (χ0v) is 12.3. The average Bonchev–Trinajstić information content (AvgIpc) is 2.95. The van der Waals surface area contributed by atoms with E-state index in [1.807, 2.05) is 24.3 Å². The monoisotopic (exact) mass is 300 g/mol. The minimum atomic E-state index is 0.184. The van der Waals surface area contributed by atoms with Gasteiger partial charge in [-0.1, -0.05) is 23.9 Å². The molecule has 7 heteroatoms. The molecule has 1 aromatic carbocycles. The van der Waals surface area contributed by atoms with Crippen LogP contribution in [-0.4, -0.2) is 39.1 Å². The Morgan fingerprint density at radius 2 is 2.23 bits per heavy atom. The third-order valence-electron chi connectivity index (χ3n) is 2.98. The van der Waals surface area contributed by atoms with E-state index in [0.717, 1.165) is 23.9 Å². The number of nitrogens with zero attached hydrogens (tertiary/aromatic N) is 4. The maximum atomic E-state index is 8.75. The zero-order valence-electron chi connectivity index (χ0n) is 12.3. The number of nitrogens with one attached hydrogen (secondary N) is 1. The number of aromatic nitrogens is 3. The lowest BCUT2D eigenvalue weighted by Gasteiger charge is -2.07. The van der Waals surface area contributed by atoms with Crippen molar-refractivity contribution in [2.75, 3.05) is 13.2 Å². The van der Waals surface area contributed by atoms with Gasteiger partial charge in [0, 0.05) is 13.2 Å². The van der Waals surface area contributed by atoms with Crippen LogP contribution in [0, 0.1) is 0 Å². The number of unbranched alkanes of at least 4 members (excludes halogenated alkanes) is 1. The molecule has 1 aromatic heterocycles. The molecule has 0 spiro atoms. The highest BCUT2D eigenvalue weighted by Gasteiger charge is 2.07. The quantitative estimate of drug-likeness (QED) is 0.402. The molecule has 0 aliphatic carbocycles. The van der Waals surface area contributed by atoms with Gasteiger partial charge >= 0.3 is 0 Å². The Bertz CT molecular complexity index is 688. The second kappa shape index (κ2) is 7.94. The lowest BCUT2D eigenvalue weighted by atomic mass is 10.3. The Labute approximate surface area is 128 Å². The molecule has 2 rings (SSSR count). The predicted molar refractivity (Wildman–Crippen MR) is 87.2 cm³/mol. The summed E-state index contributed by atoms with van der Waals surface area (Å²) >= 11 is 0. The topological polar surface area (TPSA) is 101 Å². The van der Waals surface area contributed by atoms with Gasteiger partial charge in [-0.2, -0.15) is 4.68 Å². The molecule has 0 unspecified atom stereocenters. The summed E-state index contributed by atoms with van der Waals surface area (Å²) in [7, 11) is 0.